The third-order valence-corrected chi connectivity index (χ3v) is 6.15. The Hall–Kier alpha value is -1.74. The quantitative estimate of drug-likeness (QED) is 0.742. The fourth-order valence-corrected chi connectivity index (χ4v) is 4.19. The SMILES string of the molecule is O=C(CCn1cnc2ccc(Br)cc2c1=O)N1CCS(=O)(=O)CC1. The lowest BCUT2D eigenvalue weighted by Gasteiger charge is -2.26. The number of aryl methyl sites for hydroxylation is 1. The minimum atomic E-state index is -3.01. The molecule has 0 atom stereocenters. The molecular weight excluding hydrogens is 398 g/mol. The van der Waals surface area contributed by atoms with E-state index in [0.717, 1.165) is 4.47 Å². The van der Waals surface area contributed by atoms with Gasteiger partial charge in [0.2, 0.25) is 5.91 Å². The third-order valence-electron chi connectivity index (χ3n) is 4.05. The summed E-state index contributed by atoms with van der Waals surface area (Å²) in [5.74, 6) is -0.139. The second-order valence-electron chi connectivity index (χ2n) is 5.69. The van der Waals surface area contributed by atoms with Gasteiger partial charge in [-0.15, -0.1) is 0 Å². The first-order valence-electron chi connectivity index (χ1n) is 7.49. The van der Waals surface area contributed by atoms with E-state index in [4.69, 9.17) is 0 Å². The minimum absolute atomic E-state index is 0.00421. The predicted molar refractivity (Wildman–Crippen MR) is 93.6 cm³/mol. The van der Waals surface area contributed by atoms with Crippen LogP contribution in [0.5, 0.6) is 0 Å². The maximum absolute atomic E-state index is 12.5. The number of carbonyl (C=O) groups is 1. The van der Waals surface area contributed by atoms with Crippen molar-refractivity contribution in [2.24, 2.45) is 0 Å². The number of sulfone groups is 1. The van der Waals surface area contributed by atoms with Gasteiger partial charge in [-0.05, 0) is 18.2 Å². The number of carbonyl (C=O) groups excluding carboxylic acids is 1. The fourth-order valence-electron chi connectivity index (χ4n) is 2.63. The van der Waals surface area contributed by atoms with Crippen LogP contribution in [0.1, 0.15) is 6.42 Å². The third kappa shape index (κ3) is 3.67. The summed E-state index contributed by atoms with van der Waals surface area (Å²) < 4.78 is 25.0. The number of halogens is 1. The number of fused-ring (bicyclic) bond motifs is 1. The Bertz CT molecular complexity index is 941. The fraction of sp³-hybridized carbons (Fsp3) is 0.400. The average molecular weight is 414 g/mol. The largest absolute Gasteiger partial charge is 0.341 e. The molecule has 128 valence electrons. The molecule has 2 aromatic rings. The van der Waals surface area contributed by atoms with Crippen LogP contribution in [0.2, 0.25) is 0 Å². The van der Waals surface area contributed by atoms with Crippen molar-refractivity contribution in [1.82, 2.24) is 14.5 Å². The molecular formula is C15H16BrN3O4S. The van der Waals surface area contributed by atoms with E-state index in [-0.39, 0.29) is 49.0 Å². The van der Waals surface area contributed by atoms with Gasteiger partial charge in [-0.1, -0.05) is 15.9 Å². The number of benzene rings is 1. The van der Waals surface area contributed by atoms with Gasteiger partial charge in [-0.2, -0.15) is 0 Å². The standard InChI is InChI=1S/C15H16BrN3O4S/c16-11-1-2-13-12(9-11)15(21)19(10-17-13)4-3-14(20)18-5-7-24(22,23)8-6-18/h1-2,9-10H,3-8H2. The van der Waals surface area contributed by atoms with Crippen molar-refractivity contribution in [1.29, 1.82) is 0 Å². The molecule has 0 radical (unpaired) electrons. The van der Waals surface area contributed by atoms with Crippen molar-refractivity contribution in [3.8, 4) is 0 Å². The molecule has 0 N–H and O–H groups in total. The zero-order valence-electron chi connectivity index (χ0n) is 12.8. The number of rotatable bonds is 3. The van der Waals surface area contributed by atoms with Crippen LogP contribution in [0.4, 0.5) is 0 Å². The molecule has 1 aliphatic rings. The van der Waals surface area contributed by atoms with E-state index >= 15 is 0 Å². The first-order chi connectivity index (χ1) is 11.4. The number of hydrogen-bond acceptors (Lipinski definition) is 5. The van der Waals surface area contributed by atoms with Crippen LogP contribution in [0.15, 0.2) is 33.8 Å². The molecule has 1 fully saturated rings. The molecule has 2 heterocycles. The number of aromatic nitrogens is 2. The average Bonchev–Trinajstić information content (AvgIpc) is 2.54. The summed E-state index contributed by atoms with van der Waals surface area (Å²) >= 11 is 3.33. The summed E-state index contributed by atoms with van der Waals surface area (Å²) in [6.45, 7) is 0.661. The van der Waals surface area contributed by atoms with E-state index in [1.54, 1.807) is 12.1 Å². The molecule has 1 aromatic heterocycles. The van der Waals surface area contributed by atoms with Gasteiger partial charge in [0, 0.05) is 30.5 Å². The molecule has 9 heteroatoms. The summed E-state index contributed by atoms with van der Waals surface area (Å²) in [6.07, 6.45) is 1.58. The van der Waals surface area contributed by atoms with E-state index in [0.29, 0.717) is 10.9 Å². The highest BCUT2D eigenvalue weighted by Gasteiger charge is 2.24. The Labute approximate surface area is 147 Å². The zero-order chi connectivity index (χ0) is 17.3. The molecule has 1 aliphatic heterocycles. The lowest BCUT2D eigenvalue weighted by molar-refractivity contribution is -0.131. The summed E-state index contributed by atoms with van der Waals surface area (Å²) in [5.41, 5.74) is 0.405. The highest BCUT2D eigenvalue weighted by Crippen LogP contribution is 2.15. The van der Waals surface area contributed by atoms with Crippen LogP contribution in [0.25, 0.3) is 10.9 Å². The van der Waals surface area contributed by atoms with Crippen molar-refractivity contribution >= 4 is 42.6 Å². The van der Waals surface area contributed by atoms with Crippen molar-refractivity contribution in [3.63, 3.8) is 0 Å². The molecule has 0 aliphatic carbocycles. The summed E-state index contributed by atoms with van der Waals surface area (Å²) in [5, 5.41) is 0.489. The van der Waals surface area contributed by atoms with Gasteiger partial charge in [-0.25, -0.2) is 13.4 Å². The Kier molecular flexibility index (Phi) is 4.73. The van der Waals surface area contributed by atoms with Crippen molar-refractivity contribution in [2.45, 2.75) is 13.0 Å². The Morgan fingerprint density at radius 1 is 1.25 bits per heavy atom. The van der Waals surface area contributed by atoms with Crippen molar-refractivity contribution < 1.29 is 13.2 Å². The maximum atomic E-state index is 12.5. The summed E-state index contributed by atoms with van der Waals surface area (Å²) in [4.78, 5) is 30.4. The highest BCUT2D eigenvalue weighted by atomic mass is 79.9. The molecule has 1 amide bonds. The Morgan fingerprint density at radius 2 is 1.96 bits per heavy atom. The molecule has 7 nitrogen and oxygen atoms in total. The lowest BCUT2D eigenvalue weighted by atomic mass is 10.2. The highest BCUT2D eigenvalue weighted by molar-refractivity contribution is 9.10. The maximum Gasteiger partial charge on any atom is 0.261 e. The van der Waals surface area contributed by atoms with Crippen LogP contribution in [-0.2, 0) is 21.2 Å². The van der Waals surface area contributed by atoms with Gasteiger partial charge < -0.3 is 4.90 Å². The monoisotopic (exact) mass is 413 g/mol. The predicted octanol–water partition coefficient (Wildman–Crippen LogP) is 0.806. The molecule has 0 saturated carbocycles. The lowest BCUT2D eigenvalue weighted by Crippen LogP contribution is -2.44. The minimum Gasteiger partial charge on any atom is -0.341 e. The van der Waals surface area contributed by atoms with E-state index in [1.165, 1.54) is 15.8 Å². The van der Waals surface area contributed by atoms with Gasteiger partial charge in [0.05, 0.1) is 28.7 Å². The topological polar surface area (TPSA) is 89.3 Å². The molecule has 1 aromatic carbocycles. The molecule has 1 saturated heterocycles. The molecule has 0 bridgehead atoms. The van der Waals surface area contributed by atoms with Gasteiger partial charge in [0.25, 0.3) is 5.56 Å². The second-order valence-corrected chi connectivity index (χ2v) is 8.91. The molecule has 24 heavy (non-hydrogen) atoms. The molecule has 3 rings (SSSR count). The number of amides is 1. The van der Waals surface area contributed by atoms with Crippen molar-refractivity contribution in [3.05, 3.63) is 39.4 Å². The number of nitrogens with zero attached hydrogens (tertiary/aromatic N) is 3. The van der Waals surface area contributed by atoms with Gasteiger partial charge in [0.15, 0.2) is 9.84 Å². The van der Waals surface area contributed by atoms with E-state index < -0.39 is 9.84 Å². The van der Waals surface area contributed by atoms with Gasteiger partial charge in [0.1, 0.15) is 0 Å². The van der Waals surface area contributed by atoms with E-state index in [1.807, 2.05) is 6.07 Å². The van der Waals surface area contributed by atoms with E-state index in [2.05, 4.69) is 20.9 Å². The summed E-state index contributed by atoms with van der Waals surface area (Å²) in [6, 6.07) is 5.27. The van der Waals surface area contributed by atoms with Crippen LogP contribution in [-0.4, -0.2) is 53.4 Å². The van der Waals surface area contributed by atoms with Gasteiger partial charge >= 0.3 is 0 Å². The van der Waals surface area contributed by atoms with Crippen LogP contribution >= 0.6 is 15.9 Å². The Morgan fingerprint density at radius 3 is 2.67 bits per heavy atom. The first-order valence-corrected chi connectivity index (χ1v) is 10.1. The molecule has 0 unspecified atom stereocenters. The number of hydrogen-bond donors (Lipinski definition) is 0. The second kappa shape index (κ2) is 6.64. The summed E-state index contributed by atoms with van der Waals surface area (Å²) in [7, 11) is -3.01. The van der Waals surface area contributed by atoms with Crippen LogP contribution < -0.4 is 5.56 Å². The van der Waals surface area contributed by atoms with Crippen LogP contribution in [0, 0.1) is 0 Å². The van der Waals surface area contributed by atoms with E-state index in [9.17, 15) is 18.0 Å². The Balaban J connectivity index is 1.71. The normalized spacial score (nSPS) is 17.1. The van der Waals surface area contributed by atoms with Crippen LogP contribution in [0.3, 0.4) is 0 Å². The van der Waals surface area contributed by atoms with Crippen molar-refractivity contribution in [2.75, 3.05) is 24.6 Å². The van der Waals surface area contributed by atoms with Gasteiger partial charge in [-0.3, -0.25) is 14.2 Å². The smallest absolute Gasteiger partial charge is 0.261 e. The molecule has 0 spiro atoms. The zero-order valence-corrected chi connectivity index (χ0v) is 15.2. The first kappa shape index (κ1) is 17.1.